The Bertz CT molecular complexity index is 992. The minimum atomic E-state index is -0.0504. The van der Waals surface area contributed by atoms with Gasteiger partial charge >= 0.3 is 0 Å². The van der Waals surface area contributed by atoms with E-state index < -0.39 is 0 Å². The lowest BCUT2D eigenvalue weighted by Gasteiger charge is -2.34. The van der Waals surface area contributed by atoms with Crippen molar-refractivity contribution in [1.29, 1.82) is 0 Å². The minimum Gasteiger partial charge on any atom is -0.335 e. The lowest BCUT2D eigenvalue weighted by atomic mass is 10.2. The van der Waals surface area contributed by atoms with E-state index in [1.54, 1.807) is 21.3 Å². The molecule has 8 nitrogen and oxygen atoms in total. The molecule has 1 fully saturated rings. The summed E-state index contributed by atoms with van der Waals surface area (Å²) in [4.78, 5) is 34.0. The van der Waals surface area contributed by atoms with E-state index in [2.05, 4.69) is 15.0 Å². The van der Waals surface area contributed by atoms with E-state index in [0.717, 1.165) is 24.5 Å². The predicted octanol–water partition coefficient (Wildman–Crippen LogP) is 0.756. The van der Waals surface area contributed by atoms with Gasteiger partial charge in [-0.15, -0.1) is 11.3 Å². The van der Waals surface area contributed by atoms with Crippen molar-refractivity contribution in [2.24, 2.45) is 7.05 Å². The van der Waals surface area contributed by atoms with E-state index in [4.69, 9.17) is 0 Å². The molecule has 26 heavy (non-hydrogen) atoms. The molecule has 1 aliphatic rings. The number of carbonyl (C=O) groups is 1. The molecule has 9 heteroatoms. The summed E-state index contributed by atoms with van der Waals surface area (Å²) in [5.74, 6) is -0.0234. The molecule has 0 atom stereocenters. The Hall–Kier alpha value is -2.52. The Labute approximate surface area is 154 Å². The fourth-order valence-electron chi connectivity index (χ4n) is 3.13. The van der Waals surface area contributed by atoms with Crippen molar-refractivity contribution in [3.8, 4) is 0 Å². The molecule has 4 rings (SSSR count). The van der Waals surface area contributed by atoms with Crippen LogP contribution in [0.1, 0.15) is 21.9 Å². The number of aryl methyl sites for hydroxylation is 2. The first-order chi connectivity index (χ1) is 12.5. The summed E-state index contributed by atoms with van der Waals surface area (Å²) in [6.07, 6.45) is 1.74. The van der Waals surface area contributed by atoms with Crippen LogP contribution in [0.25, 0.3) is 4.96 Å². The SMILES string of the molecule is Cc1cc(C(=O)N2CCN(Cc3cc(=O)n4ccsc4n3)CC2)nn1C. The molecule has 0 unspecified atom stereocenters. The van der Waals surface area contributed by atoms with Gasteiger partial charge in [-0.05, 0) is 13.0 Å². The summed E-state index contributed by atoms with van der Waals surface area (Å²) in [6.45, 7) is 5.35. The van der Waals surface area contributed by atoms with Crippen molar-refractivity contribution in [3.05, 3.63) is 51.1 Å². The molecule has 3 aromatic rings. The summed E-state index contributed by atoms with van der Waals surface area (Å²) in [5, 5.41) is 6.13. The van der Waals surface area contributed by atoms with E-state index >= 15 is 0 Å². The van der Waals surface area contributed by atoms with Gasteiger partial charge in [-0.25, -0.2) is 4.98 Å². The molecule has 0 radical (unpaired) electrons. The number of hydrogen-bond acceptors (Lipinski definition) is 6. The van der Waals surface area contributed by atoms with Gasteiger partial charge in [-0.3, -0.25) is 23.6 Å². The lowest BCUT2D eigenvalue weighted by molar-refractivity contribution is 0.0620. The molecule has 0 N–H and O–H groups in total. The quantitative estimate of drug-likeness (QED) is 0.678. The largest absolute Gasteiger partial charge is 0.335 e. The van der Waals surface area contributed by atoms with Crippen molar-refractivity contribution in [2.45, 2.75) is 13.5 Å². The summed E-state index contributed by atoms with van der Waals surface area (Å²) in [6, 6.07) is 3.41. The van der Waals surface area contributed by atoms with Gasteiger partial charge < -0.3 is 4.90 Å². The fourth-order valence-corrected chi connectivity index (χ4v) is 3.87. The number of fused-ring (bicyclic) bond motifs is 1. The molecule has 136 valence electrons. The van der Waals surface area contributed by atoms with E-state index in [9.17, 15) is 9.59 Å². The van der Waals surface area contributed by atoms with E-state index in [1.807, 2.05) is 30.3 Å². The van der Waals surface area contributed by atoms with Crippen LogP contribution >= 0.6 is 11.3 Å². The molecular weight excluding hydrogens is 352 g/mol. The van der Waals surface area contributed by atoms with Gasteiger partial charge in [0.15, 0.2) is 10.7 Å². The standard InChI is InChI=1S/C17H20N6O2S/c1-12-9-14(19-20(12)2)16(25)22-5-3-21(4-6-22)11-13-10-15(24)23-7-8-26-17(23)18-13/h7-10H,3-6,11H2,1-2H3. The molecular formula is C17H20N6O2S. The zero-order chi connectivity index (χ0) is 18.3. The fraction of sp³-hybridized carbons (Fsp3) is 0.412. The first-order valence-electron chi connectivity index (χ1n) is 8.49. The average Bonchev–Trinajstić information content (AvgIpc) is 3.22. The molecule has 1 aliphatic heterocycles. The number of amides is 1. The van der Waals surface area contributed by atoms with Crippen LogP contribution in [0.3, 0.4) is 0 Å². The third-order valence-corrected chi connectivity index (χ3v) is 5.49. The van der Waals surface area contributed by atoms with Gasteiger partial charge in [-0.2, -0.15) is 5.10 Å². The van der Waals surface area contributed by atoms with Crippen molar-refractivity contribution in [1.82, 2.24) is 29.0 Å². The van der Waals surface area contributed by atoms with Gasteiger partial charge in [0, 0.05) is 63.1 Å². The zero-order valence-corrected chi connectivity index (χ0v) is 15.6. The molecule has 1 amide bonds. The topological polar surface area (TPSA) is 75.7 Å². The predicted molar refractivity (Wildman–Crippen MR) is 98.5 cm³/mol. The molecule has 0 saturated carbocycles. The van der Waals surface area contributed by atoms with Crippen molar-refractivity contribution >= 4 is 22.2 Å². The first-order valence-corrected chi connectivity index (χ1v) is 9.37. The highest BCUT2D eigenvalue weighted by Gasteiger charge is 2.24. The maximum atomic E-state index is 12.6. The third kappa shape index (κ3) is 3.15. The van der Waals surface area contributed by atoms with Crippen LogP contribution in [0, 0.1) is 6.92 Å². The van der Waals surface area contributed by atoms with Gasteiger partial charge in [-0.1, -0.05) is 0 Å². The number of carbonyl (C=O) groups excluding carboxylic acids is 1. The van der Waals surface area contributed by atoms with Crippen LogP contribution in [0.5, 0.6) is 0 Å². The third-order valence-electron chi connectivity index (χ3n) is 4.73. The highest BCUT2D eigenvalue weighted by Crippen LogP contribution is 2.12. The van der Waals surface area contributed by atoms with Gasteiger partial charge in [0.2, 0.25) is 0 Å². The van der Waals surface area contributed by atoms with Crippen molar-refractivity contribution in [3.63, 3.8) is 0 Å². The van der Waals surface area contributed by atoms with E-state index in [1.165, 1.54) is 11.3 Å². The van der Waals surface area contributed by atoms with Crippen LogP contribution in [-0.4, -0.2) is 61.1 Å². The maximum Gasteiger partial charge on any atom is 0.274 e. The Kier molecular flexibility index (Phi) is 4.33. The maximum absolute atomic E-state index is 12.6. The number of aromatic nitrogens is 4. The minimum absolute atomic E-state index is 0.0234. The Morgan fingerprint density at radius 1 is 1.23 bits per heavy atom. The van der Waals surface area contributed by atoms with Crippen LogP contribution < -0.4 is 5.56 Å². The lowest BCUT2D eigenvalue weighted by Crippen LogP contribution is -2.48. The molecule has 4 heterocycles. The van der Waals surface area contributed by atoms with Crippen LogP contribution in [-0.2, 0) is 13.6 Å². The molecule has 0 aromatic carbocycles. The Morgan fingerprint density at radius 2 is 2.00 bits per heavy atom. The summed E-state index contributed by atoms with van der Waals surface area (Å²) < 4.78 is 3.27. The van der Waals surface area contributed by atoms with E-state index in [-0.39, 0.29) is 11.5 Å². The second-order valence-corrected chi connectivity index (χ2v) is 7.38. The monoisotopic (exact) mass is 372 g/mol. The van der Waals surface area contributed by atoms with Crippen molar-refractivity contribution < 1.29 is 4.79 Å². The summed E-state index contributed by atoms with van der Waals surface area (Å²) in [5.41, 5.74) is 2.19. The summed E-state index contributed by atoms with van der Waals surface area (Å²) >= 11 is 1.45. The second-order valence-electron chi connectivity index (χ2n) is 6.50. The highest BCUT2D eigenvalue weighted by atomic mass is 32.1. The molecule has 1 saturated heterocycles. The zero-order valence-electron chi connectivity index (χ0n) is 14.8. The smallest absolute Gasteiger partial charge is 0.274 e. The molecule has 0 bridgehead atoms. The Balaban J connectivity index is 1.40. The van der Waals surface area contributed by atoms with E-state index in [0.29, 0.717) is 30.3 Å². The second kappa shape index (κ2) is 6.65. The normalized spacial score (nSPS) is 15.7. The number of nitrogens with zero attached hydrogens (tertiary/aromatic N) is 6. The number of thiazole rings is 1. The van der Waals surface area contributed by atoms with Gasteiger partial charge in [0.05, 0.1) is 5.69 Å². The number of rotatable bonds is 3. The van der Waals surface area contributed by atoms with Crippen molar-refractivity contribution in [2.75, 3.05) is 26.2 Å². The highest BCUT2D eigenvalue weighted by molar-refractivity contribution is 7.15. The first kappa shape index (κ1) is 16.9. The Morgan fingerprint density at radius 3 is 2.69 bits per heavy atom. The number of hydrogen-bond donors (Lipinski definition) is 0. The van der Waals surface area contributed by atoms with Crippen LogP contribution in [0.2, 0.25) is 0 Å². The molecule has 0 aliphatic carbocycles. The molecule has 0 spiro atoms. The summed E-state index contributed by atoms with van der Waals surface area (Å²) in [7, 11) is 1.84. The van der Waals surface area contributed by atoms with Gasteiger partial charge in [0.25, 0.3) is 11.5 Å². The van der Waals surface area contributed by atoms with Crippen LogP contribution in [0.4, 0.5) is 0 Å². The number of piperazine rings is 1. The van der Waals surface area contributed by atoms with Gasteiger partial charge in [0.1, 0.15) is 0 Å². The molecule has 3 aromatic heterocycles. The average molecular weight is 372 g/mol. The van der Waals surface area contributed by atoms with Crippen LogP contribution in [0.15, 0.2) is 28.5 Å².